The van der Waals surface area contributed by atoms with Crippen LogP contribution in [0.1, 0.15) is 19.4 Å². The Bertz CT molecular complexity index is 755. The lowest BCUT2D eigenvalue weighted by Crippen LogP contribution is -2.28. The lowest BCUT2D eigenvalue weighted by molar-refractivity contribution is 0.0274. The molecule has 0 radical (unpaired) electrons. The molecular formula is C14H13N5O2. The Morgan fingerprint density at radius 2 is 2.14 bits per heavy atom. The van der Waals surface area contributed by atoms with Crippen LogP contribution < -0.4 is 4.74 Å². The first-order chi connectivity index (χ1) is 9.94. The molecular weight excluding hydrogens is 270 g/mol. The summed E-state index contributed by atoms with van der Waals surface area (Å²) in [5.74, 6) is 0.282. The van der Waals surface area contributed by atoms with Crippen LogP contribution in [0.2, 0.25) is 0 Å². The summed E-state index contributed by atoms with van der Waals surface area (Å²) >= 11 is 0. The Kier molecular flexibility index (Phi) is 3.88. The summed E-state index contributed by atoms with van der Waals surface area (Å²) in [5.41, 5.74) is 0.0634. The van der Waals surface area contributed by atoms with Gasteiger partial charge in [0.1, 0.15) is 36.3 Å². The molecule has 0 fully saturated rings. The van der Waals surface area contributed by atoms with Crippen molar-refractivity contribution in [2.75, 3.05) is 6.61 Å². The number of aliphatic hydroxyl groups is 1. The molecule has 0 amide bonds. The van der Waals surface area contributed by atoms with Crippen molar-refractivity contribution < 1.29 is 9.84 Å². The summed E-state index contributed by atoms with van der Waals surface area (Å²) in [6, 6.07) is 3.59. The van der Waals surface area contributed by atoms with E-state index in [1.54, 1.807) is 32.2 Å². The fourth-order valence-corrected chi connectivity index (χ4v) is 1.67. The van der Waals surface area contributed by atoms with Crippen molar-refractivity contribution in [2.45, 2.75) is 19.4 Å². The smallest absolute Gasteiger partial charge is 0.226 e. The lowest BCUT2D eigenvalue weighted by atomic mass is 10.1. The number of hydrogen-bond donors (Lipinski definition) is 2. The van der Waals surface area contributed by atoms with Crippen molar-refractivity contribution in [3.8, 4) is 18.0 Å². The maximum atomic E-state index is 9.72. The van der Waals surface area contributed by atoms with E-state index >= 15 is 0 Å². The van der Waals surface area contributed by atoms with Crippen molar-refractivity contribution in [3.05, 3.63) is 23.7 Å². The average molecular weight is 283 g/mol. The molecule has 0 aromatic carbocycles. The van der Waals surface area contributed by atoms with Crippen molar-refractivity contribution >= 4 is 17.1 Å². The zero-order valence-electron chi connectivity index (χ0n) is 11.6. The van der Waals surface area contributed by atoms with Crippen LogP contribution in [0.5, 0.6) is 5.88 Å². The van der Waals surface area contributed by atoms with E-state index < -0.39 is 5.60 Å². The van der Waals surface area contributed by atoms with E-state index in [1.807, 2.05) is 0 Å². The topological polar surface area (TPSA) is 119 Å². The van der Waals surface area contributed by atoms with E-state index in [0.29, 0.717) is 16.6 Å². The van der Waals surface area contributed by atoms with Crippen LogP contribution in [0.3, 0.4) is 0 Å². The van der Waals surface area contributed by atoms with Crippen LogP contribution in [0.25, 0.3) is 17.1 Å². The molecule has 0 aliphatic carbocycles. The van der Waals surface area contributed by atoms with Crippen LogP contribution in [-0.4, -0.2) is 32.3 Å². The number of nitriles is 2. The van der Waals surface area contributed by atoms with Crippen molar-refractivity contribution in [1.82, 2.24) is 15.0 Å². The van der Waals surface area contributed by atoms with Crippen molar-refractivity contribution in [1.29, 1.82) is 10.5 Å². The summed E-state index contributed by atoms with van der Waals surface area (Å²) in [5, 5.41) is 27.9. The number of ether oxygens (including phenoxy) is 1. The lowest BCUT2D eigenvalue weighted by Gasteiger charge is -2.17. The molecule has 2 N–H and O–H groups in total. The number of aromatic amines is 1. The third-order valence-electron chi connectivity index (χ3n) is 2.57. The van der Waals surface area contributed by atoms with Gasteiger partial charge >= 0.3 is 0 Å². The van der Waals surface area contributed by atoms with Gasteiger partial charge in [-0.2, -0.15) is 10.5 Å². The second-order valence-corrected chi connectivity index (χ2v) is 5.03. The standard InChI is InChI=1S/C14H13N5O2/c1-14(2,20)7-21-13-11-10(3-9(4-15)5-16)6-17-12(11)18-8-19-13/h3,6,8,20H,7H2,1-2H3,(H,17,18,19). The molecule has 2 heterocycles. The second kappa shape index (κ2) is 5.61. The summed E-state index contributed by atoms with van der Waals surface area (Å²) in [6.45, 7) is 3.29. The Hall–Kier alpha value is -2.90. The highest BCUT2D eigenvalue weighted by Crippen LogP contribution is 2.27. The van der Waals surface area contributed by atoms with Gasteiger partial charge in [-0.25, -0.2) is 9.97 Å². The third kappa shape index (κ3) is 3.35. The number of nitrogens with one attached hydrogen (secondary N) is 1. The van der Waals surface area contributed by atoms with Gasteiger partial charge in [0, 0.05) is 11.8 Å². The second-order valence-electron chi connectivity index (χ2n) is 5.03. The highest BCUT2D eigenvalue weighted by molar-refractivity contribution is 5.91. The van der Waals surface area contributed by atoms with Gasteiger partial charge in [-0.15, -0.1) is 0 Å². The fraction of sp³-hybridized carbons (Fsp3) is 0.286. The van der Waals surface area contributed by atoms with Gasteiger partial charge < -0.3 is 14.8 Å². The average Bonchev–Trinajstić information content (AvgIpc) is 2.85. The number of nitrogens with zero attached hydrogens (tertiary/aromatic N) is 4. The summed E-state index contributed by atoms with van der Waals surface area (Å²) < 4.78 is 5.52. The maximum Gasteiger partial charge on any atom is 0.226 e. The highest BCUT2D eigenvalue weighted by atomic mass is 16.5. The van der Waals surface area contributed by atoms with E-state index in [1.165, 1.54) is 12.4 Å². The van der Waals surface area contributed by atoms with Gasteiger partial charge in [0.2, 0.25) is 5.88 Å². The fourth-order valence-electron chi connectivity index (χ4n) is 1.67. The van der Waals surface area contributed by atoms with Crippen LogP contribution in [0, 0.1) is 22.7 Å². The predicted molar refractivity (Wildman–Crippen MR) is 74.9 cm³/mol. The Balaban J connectivity index is 2.48. The first kappa shape index (κ1) is 14.5. The Morgan fingerprint density at radius 3 is 2.76 bits per heavy atom. The van der Waals surface area contributed by atoms with Gasteiger partial charge in [-0.05, 0) is 19.9 Å². The minimum atomic E-state index is -1.01. The number of rotatable bonds is 4. The highest BCUT2D eigenvalue weighted by Gasteiger charge is 2.17. The SMILES string of the molecule is CC(C)(O)COc1ncnc2[nH]cc(C=C(C#N)C#N)c12. The Morgan fingerprint density at radius 1 is 1.43 bits per heavy atom. The molecule has 0 atom stereocenters. The van der Waals surface area contributed by atoms with Gasteiger partial charge in [0.25, 0.3) is 0 Å². The van der Waals surface area contributed by atoms with E-state index in [0.717, 1.165) is 0 Å². The van der Waals surface area contributed by atoms with Gasteiger partial charge in [0.05, 0.1) is 11.0 Å². The normalized spacial score (nSPS) is 10.7. The molecule has 0 unspecified atom stereocenters. The first-order valence-corrected chi connectivity index (χ1v) is 6.14. The molecule has 2 aromatic heterocycles. The molecule has 2 aromatic rings. The zero-order valence-corrected chi connectivity index (χ0v) is 11.6. The summed E-state index contributed by atoms with van der Waals surface area (Å²) in [4.78, 5) is 11.0. The minimum Gasteiger partial charge on any atom is -0.474 e. The van der Waals surface area contributed by atoms with E-state index in [-0.39, 0.29) is 18.1 Å². The third-order valence-corrected chi connectivity index (χ3v) is 2.57. The minimum absolute atomic E-state index is 0.0341. The number of aromatic nitrogens is 3. The maximum absolute atomic E-state index is 9.72. The van der Waals surface area contributed by atoms with Gasteiger partial charge in [0.15, 0.2) is 0 Å². The molecule has 0 spiro atoms. The number of hydrogen-bond acceptors (Lipinski definition) is 6. The molecule has 21 heavy (non-hydrogen) atoms. The number of fused-ring (bicyclic) bond motifs is 1. The number of H-pyrrole nitrogens is 1. The van der Waals surface area contributed by atoms with Crippen LogP contribution in [0.4, 0.5) is 0 Å². The van der Waals surface area contributed by atoms with Gasteiger partial charge in [-0.3, -0.25) is 0 Å². The molecule has 0 aliphatic heterocycles. The summed E-state index contributed by atoms with van der Waals surface area (Å²) in [6.07, 6.45) is 4.38. The van der Waals surface area contributed by atoms with E-state index in [4.69, 9.17) is 15.3 Å². The molecule has 7 nitrogen and oxygen atoms in total. The molecule has 0 saturated heterocycles. The molecule has 7 heteroatoms. The van der Waals surface area contributed by atoms with Crippen LogP contribution in [0.15, 0.2) is 18.1 Å². The molecule has 0 saturated carbocycles. The quantitative estimate of drug-likeness (QED) is 0.821. The number of allylic oxidation sites excluding steroid dienone is 1. The monoisotopic (exact) mass is 283 g/mol. The van der Waals surface area contributed by atoms with Crippen LogP contribution in [-0.2, 0) is 0 Å². The predicted octanol–water partition coefficient (Wildman–Crippen LogP) is 1.54. The first-order valence-electron chi connectivity index (χ1n) is 6.14. The molecule has 2 rings (SSSR count). The zero-order chi connectivity index (χ0) is 15.5. The van der Waals surface area contributed by atoms with E-state index in [9.17, 15) is 5.11 Å². The molecule has 0 aliphatic rings. The van der Waals surface area contributed by atoms with Crippen LogP contribution >= 0.6 is 0 Å². The Labute approximate surface area is 121 Å². The molecule has 106 valence electrons. The van der Waals surface area contributed by atoms with Crippen molar-refractivity contribution in [3.63, 3.8) is 0 Å². The van der Waals surface area contributed by atoms with E-state index in [2.05, 4.69) is 15.0 Å². The molecule has 0 bridgehead atoms. The summed E-state index contributed by atoms with van der Waals surface area (Å²) in [7, 11) is 0. The van der Waals surface area contributed by atoms with Gasteiger partial charge in [-0.1, -0.05) is 0 Å². The van der Waals surface area contributed by atoms with Crippen molar-refractivity contribution in [2.24, 2.45) is 0 Å². The largest absolute Gasteiger partial charge is 0.474 e.